The molecule has 0 bridgehead atoms. The molecule has 1 N–H and O–H groups in total. The predicted molar refractivity (Wildman–Crippen MR) is 64.4 cm³/mol. The van der Waals surface area contributed by atoms with Crippen LogP contribution in [0.1, 0.15) is 47.0 Å². The first-order chi connectivity index (χ1) is 6.58. The Kier molecular flexibility index (Phi) is 15.8. The van der Waals surface area contributed by atoms with E-state index < -0.39 is 25.7 Å². The van der Waals surface area contributed by atoms with Crippen LogP contribution < -0.4 is 0 Å². The molecule has 0 saturated carbocycles. The summed E-state index contributed by atoms with van der Waals surface area (Å²) in [7, 11) is 0. The van der Waals surface area contributed by atoms with Crippen molar-refractivity contribution in [3.63, 3.8) is 0 Å². The van der Waals surface area contributed by atoms with E-state index in [0.717, 1.165) is 6.92 Å². The van der Waals surface area contributed by atoms with Gasteiger partial charge in [0.05, 0.1) is 0 Å². The summed E-state index contributed by atoms with van der Waals surface area (Å²) >= 11 is -0.759. The van der Waals surface area contributed by atoms with Crippen molar-refractivity contribution < 1.29 is 9.90 Å². The summed E-state index contributed by atoms with van der Waals surface area (Å²) in [5, 5.41) is 7.42. The number of aliphatic carboxylic acids is 1. The van der Waals surface area contributed by atoms with Crippen LogP contribution in [0.5, 0.6) is 0 Å². The summed E-state index contributed by atoms with van der Waals surface area (Å²) in [6.45, 7) is 8.10. The van der Waals surface area contributed by atoms with Gasteiger partial charge in [-0.2, -0.15) is 0 Å². The van der Waals surface area contributed by atoms with Gasteiger partial charge in [0.25, 0.3) is 5.97 Å². The van der Waals surface area contributed by atoms with Crippen LogP contribution in [0, 0.1) is 0 Å². The Morgan fingerprint density at radius 1 is 1.00 bits per heavy atom. The maximum atomic E-state index is 9.00. The van der Waals surface area contributed by atoms with E-state index in [9.17, 15) is 0 Å². The van der Waals surface area contributed by atoms with Crippen molar-refractivity contribution in [1.82, 2.24) is 0 Å². The van der Waals surface area contributed by atoms with E-state index in [4.69, 9.17) is 9.90 Å². The zero-order chi connectivity index (χ0) is 11.4. The summed E-state index contributed by atoms with van der Waals surface area (Å²) in [4.78, 5) is 9.00. The van der Waals surface area contributed by atoms with Gasteiger partial charge in [-0.3, -0.25) is 4.79 Å². The minimum absolute atomic E-state index is 0.759. The summed E-state index contributed by atoms with van der Waals surface area (Å²) in [5.41, 5.74) is 0. The van der Waals surface area contributed by atoms with E-state index in [0.29, 0.717) is 0 Å². The molecule has 0 saturated heterocycles. The minimum atomic E-state index is -0.833. The summed E-state index contributed by atoms with van der Waals surface area (Å²) in [6.07, 6.45) is 4.36. The number of carboxylic acid groups (broad SMARTS) is 1. The maximum absolute atomic E-state index is 9.00. The van der Waals surface area contributed by atoms with Crippen molar-refractivity contribution in [3.8, 4) is 0 Å². The second kappa shape index (κ2) is 13.3. The quantitative estimate of drug-likeness (QED) is 0.758. The second-order valence-corrected chi connectivity index (χ2v) is 12.1. The Morgan fingerprint density at radius 2 is 1.21 bits per heavy atom. The average molecular weight is 308 g/mol. The van der Waals surface area contributed by atoms with E-state index in [1.54, 1.807) is 13.3 Å². The SMILES string of the molecule is CC(=O)O.CC[CH2][Sn]([CH2]CC)[CH2]CC. The molecule has 0 aliphatic carbocycles. The zero-order valence-electron chi connectivity index (χ0n) is 10.1. The van der Waals surface area contributed by atoms with Gasteiger partial charge in [-0.1, -0.05) is 0 Å². The second-order valence-electron chi connectivity index (χ2n) is 3.52. The molecule has 0 atom stereocenters. The first kappa shape index (κ1) is 16.7. The third-order valence-corrected chi connectivity index (χ3v) is 12.1. The standard InChI is InChI=1S/3C3H7.C2H4O2.Sn/c3*1-3-2;1-2(3)4;/h3*1,3H2,2H3;1H3,(H,3,4);. The predicted octanol–water partition coefficient (Wildman–Crippen LogP) is 3.80. The van der Waals surface area contributed by atoms with E-state index in [-0.39, 0.29) is 0 Å². The molecule has 0 aliphatic heterocycles. The molecule has 0 rings (SSSR count). The van der Waals surface area contributed by atoms with Gasteiger partial charge in [-0.05, 0) is 0 Å². The summed E-state index contributed by atoms with van der Waals surface area (Å²) in [5.74, 6) is -0.833. The molecule has 0 aromatic rings. The Bertz CT molecular complexity index is 108. The summed E-state index contributed by atoms with van der Waals surface area (Å²) < 4.78 is 4.93. The summed E-state index contributed by atoms with van der Waals surface area (Å²) in [6, 6.07) is 0. The normalized spacial score (nSPS) is 9.50. The third-order valence-electron chi connectivity index (χ3n) is 1.81. The fraction of sp³-hybridized carbons (Fsp3) is 0.909. The van der Waals surface area contributed by atoms with E-state index in [1.807, 2.05) is 0 Å². The van der Waals surface area contributed by atoms with Gasteiger partial charge in [-0.25, -0.2) is 0 Å². The molecule has 0 aromatic carbocycles. The molecule has 0 heterocycles. The van der Waals surface area contributed by atoms with Crippen LogP contribution in [-0.2, 0) is 4.79 Å². The van der Waals surface area contributed by atoms with Gasteiger partial charge in [-0.15, -0.1) is 0 Å². The molecule has 0 aliphatic rings. The monoisotopic (exact) mass is 309 g/mol. The first-order valence-corrected chi connectivity index (χ1v) is 11.7. The van der Waals surface area contributed by atoms with Gasteiger partial charge >= 0.3 is 73.1 Å². The Morgan fingerprint density at radius 3 is 1.36 bits per heavy atom. The van der Waals surface area contributed by atoms with Crippen LogP contribution >= 0.6 is 0 Å². The third kappa shape index (κ3) is 18.1. The van der Waals surface area contributed by atoms with Crippen LogP contribution in [0.3, 0.4) is 0 Å². The van der Waals surface area contributed by atoms with Crippen molar-refractivity contribution in [2.75, 3.05) is 0 Å². The first-order valence-electron chi connectivity index (χ1n) is 5.61. The Hall–Kier alpha value is 0.269. The molecule has 3 heteroatoms. The van der Waals surface area contributed by atoms with Gasteiger partial charge in [0.2, 0.25) is 0 Å². The molecule has 0 aromatic heterocycles. The van der Waals surface area contributed by atoms with E-state index in [1.165, 1.54) is 19.3 Å². The van der Waals surface area contributed by atoms with Crippen molar-refractivity contribution >= 4 is 25.7 Å². The molecule has 1 radical (unpaired) electrons. The van der Waals surface area contributed by atoms with Crippen LogP contribution in [0.25, 0.3) is 0 Å². The van der Waals surface area contributed by atoms with Crippen molar-refractivity contribution in [1.29, 1.82) is 0 Å². The van der Waals surface area contributed by atoms with Crippen LogP contribution in [0.4, 0.5) is 0 Å². The van der Waals surface area contributed by atoms with Crippen molar-refractivity contribution in [2.45, 2.75) is 60.3 Å². The van der Waals surface area contributed by atoms with E-state index in [2.05, 4.69) is 20.8 Å². The van der Waals surface area contributed by atoms with Crippen molar-refractivity contribution in [3.05, 3.63) is 0 Å². The molecular formula is C11H25O2Sn. The number of rotatable bonds is 6. The van der Waals surface area contributed by atoms with Gasteiger partial charge in [0.1, 0.15) is 0 Å². The van der Waals surface area contributed by atoms with E-state index >= 15 is 0 Å². The van der Waals surface area contributed by atoms with Crippen molar-refractivity contribution in [2.24, 2.45) is 0 Å². The fourth-order valence-electron chi connectivity index (χ4n) is 1.44. The van der Waals surface area contributed by atoms with Gasteiger partial charge in [0.15, 0.2) is 0 Å². The Labute approximate surface area is 95.8 Å². The van der Waals surface area contributed by atoms with Crippen LogP contribution in [-0.4, -0.2) is 30.8 Å². The molecule has 0 spiro atoms. The molecule has 0 amide bonds. The molecule has 0 unspecified atom stereocenters. The zero-order valence-corrected chi connectivity index (χ0v) is 13.0. The molecule has 0 fully saturated rings. The van der Waals surface area contributed by atoms with Gasteiger partial charge in [0, 0.05) is 6.92 Å². The fourth-order valence-corrected chi connectivity index (χ4v) is 9.63. The molecule has 14 heavy (non-hydrogen) atoms. The topological polar surface area (TPSA) is 37.3 Å². The number of hydrogen-bond donors (Lipinski definition) is 1. The van der Waals surface area contributed by atoms with Gasteiger partial charge < -0.3 is 5.11 Å². The van der Waals surface area contributed by atoms with Crippen LogP contribution in [0.15, 0.2) is 0 Å². The number of carbonyl (C=O) groups is 1. The number of hydrogen-bond acceptors (Lipinski definition) is 1. The number of carboxylic acids is 1. The average Bonchev–Trinajstić information content (AvgIpc) is 2.04. The van der Waals surface area contributed by atoms with Crippen LogP contribution in [0.2, 0.25) is 13.3 Å². The Balaban J connectivity index is 0. The molecule has 85 valence electrons. The molecular weight excluding hydrogens is 283 g/mol. The molecule has 2 nitrogen and oxygen atoms in total.